The molecule has 0 aliphatic carbocycles. The van der Waals surface area contributed by atoms with Crippen LogP contribution < -0.4 is 5.32 Å². The largest absolute Gasteiger partial charge is 0.465 e. The Bertz CT molecular complexity index is 802. The van der Waals surface area contributed by atoms with Gasteiger partial charge in [-0.3, -0.25) is 25.0 Å². The molecular weight excluding hydrogens is 378 g/mol. The number of nitrogens with zero attached hydrogens (tertiary/aromatic N) is 4. The smallest absolute Gasteiger partial charge is 0.321 e. The molecule has 0 saturated carbocycles. The molecule has 0 aromatic heterocycles. The molecule has 0 unspecified atom stereocenters. The van der Waals surface area contributed by atoms with E-state index in [-0.39, 0.29) is 12.3 Å². The van der Waals surface area contributed by atoms with Crippen molar-refractivity contribution < 1.29 is 19.2 Å². The van der Waals surface area contributed by atoms with Crippen LogP contribution in [0.4, 0.5) is 5.69 Å². The van der Waals surface area contributed by atoms with E-state index in [2.05, 4.69) is 22.1 Å². The number of rotatable bonds is 5. The minimum absolute atomic E-state index is 0.0680. The highest BCUT2D eigenvalue weighted by molar-refractivity contribution is 6.08. The molecule has 2 atom stereocenters. The Morgan fingerprint density at radius 3 is 2.45 bits per heavy atom. The highest BCUT2D eigenvalue weighted by Crippen LogP contribution is 2.32. The third kappa shape index (κ3) is 4.53. The van der Waals surface area contributed by atoms with Gasteiger partial charge in [0.1, 0.15) is 6.04 Å². The standard InChI is InChI=1S/C19H25N5O5/c1-3-22-9-11-23(12-10-22)19-20-16(13-5-7-14(8-6-13)24(27)28)15(17(25)21-19)18(26)29-4-2/h5-8,15-16H,3-4,9-12H2,1-2H3,(H,20,21,25)/t15-,16+/m0/s1. The fourth-order valence-electron chi connectivity index (χ4n) is 3.53. The minimum Gasteiger partial charge on any atom is -0.465 e. The number of nitro benzene ring substituents is 1. The molecule has 0 spiro atoms. The van der Waals surface area contributed by atoms with Crippen LogP contribution in [0.2, 0.25) is 0 Å². The third-order valence-electron chi connectivity index (χ3n) is 5.20. The van der Waals surface area contributed by atoms with Gasteiger partial charge in [-0.1, -0.05) is 19.1 Å². The summed E-state index contributed by atoms with van der Waals surface area (Å²) in [6.07, 6.45) is 0. The van der Waals surface area contributed by atoms with Gasteiger partial charge in [0.2, 0.25) is 11.9 Å². The van der Waals surface area contributed by atoms with Crippen LogP contribution in [0, 0.1) is 16.0 Å². The first-order chi connectivity index (χ1) is 13.9. The summed E-state index contributed by atoms with van der Waals surface area (Å²) < 4.78 is 5.08. The monoisotopic (exact) mass is 403 g/mol. The predicted molar refractivity (Wildman–Crippen MR) is 105 cm³/mol. The Labute approximate surface area is 168 Å². The molecule has 156 valence electrons. The van der Waals surface area contributed by atoms with Gasteiger partial charge in [0, 0.05) is 38.3 Å². The Morgan fingerprint density at radius 1 is 1.24 bits per heavy atom. The number of hydrogen-bond acceptors (Lipinski definition) is 8. The van der Waals surface area contributed by atoms with Gasteiger partial charge >= 0.3 is 5.97 Å². The molecule has 1 fully saturated rings. The van der Waals surface area contributed by atoms with E-state index in [1.54, 1.807) is 6.92 Å². The number of hydrogen-bond donors (Lipinski definition) is 1. The number of guanidine groups is 1. The first kappa shape index (κ1) is 20.7. The summed E-state index contributed by atoms with van der Waals surface area (Å²) in [5.41, 5.74) is 0.481. The highest BCUT2D eigenvalue weighted by Gasteiger charge is 2.42. The number of carbonyl (C=O) groups excluding carboxylic acids is 2. The summed E-state index contributed by atoms with van der Waals surface area (Å²) in [7, 11) is 0. The SMILES string of the molecule is CCOC(=O)[C@@H]1C(=O)NC(N2CCN(CC)CC2)=N[C@@H]1c1ccc([N+](=O)[O-])cc1. The van der Waals surface area contributed by atoms with Crippen molar-refractivity contribution in [2.75, 3.05) is 39.3 Å². The second-order valence-electron chi connectivity index (χ2n) is 6.89. The Hall–Kier alpha value is -3.01. The van der Waals surface area contributed by atoms with Crippen molar-refractivity contribution in [2.24, 2.45) is 10.9 Å². The van der Waals surface area contributed by atoms with E-state index < -0.39 is 28.8 Å². The van der Waals surface area contributed by atoms with Gasteiger partial charge in [-0.05, 0) is 19.0 Å². The van der Waals surface area contributed by atoms with Crippen LogP contribution in [0.3, 0.4) is 0 Å². The molecule has 29 heavy (non-hydrogen) atoms. The summed E-state index contributed by atoms with van der Waals surface area (Å²) in [5, 5.41) is 13.7. The number of ether oxygens (including phenoxy) is 1. The number of carbonyl (C=O) groups is 2. The van der Waals surface area contributed by atoms with Crippen LogP contribution in [0.5, 0.6) is 0 Å². The molecule has 0 radical (unpaired) electrons. The van der Waals surface area contributed by atoms with Crippen molar-refractivity contribution in [2.45, 2.75) is 19.9 Å². The number of nitrogens with one attached hydrogen (secondary N) is 1. The Balaban J connectivity index is 1.92. The van der Waals surface area contributed by atoms with Crippen LogP contribution in [0.1, 0.15) is 25.5 Å². The molecule has 1 amide bonds. The average molecular weight is 403 g/mol. The number of likely N-dealkylation sites (N-methyl/N-ethyl adjacent to an activating group) is 1. The quantitative estimate of drug-likeness (QED) is 0.336. The zero-order chi connectivity index (χ0) is 21.0. The molecule has 1 N–H and O–H groups in total. The van der Waals surface area contributed by atoms with E-state index in [0.717, 1.165) is 19.6 Å². The van der Waals surface area contributed by atoms with Crippen molar-refractivity contribution in [1.82, 2.24) is 15.1 Å². The normalized spacial score (nSPS) is 22.6. The van der Waals surface area contributed by atoms with Crippen molar-refractivity contribution in [1.29, 1.82) is 0 Å². The molecule has 10 heteroatoms. The van der Waals surface area contributed by atoms with E-state index in [0.29, 0.717) is 24.6 Å². The number of aliphatic imine (C=N–C) groups is 1. The molecule has 1 aromatic carbocycles. The second kappa shape index (κ2) is 8.99. The summed E-state index contributed by atoms with van der Waals surface area (Å²) >= 11 is 0. The van der Waals surface area contributed by atoms with Crippen molar-refractivity contribution in [3.05, 3.63) is 39.9 Å². The molecular formula is C19H25N5O5. The fraction of sp³-hybridized carbons (Fsp3) is 0.526. The van der Waals surface area contributed by atoms with Gasteiger partial charge in [0.25, 0.3) is 5.69 Å². The number of esters is 1. The molecule has 2 aliphatic rings. The molecule has 1 aromatic rings. The number of benzene rings is 1. The molecule has 3 rings (SSSR count). The summed E-state index contributed by atoms with van der Waals surface area (Å²) in [6.45, 7) is 8.01. The lowest BCUT2D eigenvalue weighted by atomic mass is 9.91. The maximum Gasteiger partial charge on any atom is 0.321 e. The van der Waals surface area contributed by atoms with Gasteiger partial charge in [-0.2, -0.15) is 0 Å². The molecule has 10 nitrogen and oxygen atoms in total. The van der Waals surface area contributed by atoms with Gasteiger partial charge < -0.3 is 14.5 Å². The predicted octanol–water partition coefficient (Wildman–Crippen LogP) is 0.939. The van der Waals surface area contributed by atoms with Crippen LogP contribution >= 0.6 is 0 Å². The lowest BCUT2D eigenvalue weighted by Crippen LogP contribution is -2.57. The Morgan fingerprint density at radius 2 is 1.90 bits per heavy atom. The number of nitro groups is 1. The number of amides is 1. The van der Waals surface area contributed by atoms with Gasteiger partial charge in [-0.25, -0.2) is 4.99 Å². The van der Waals surface area contributed by atoms with Crippen molar-refractivity contribution in [3.8, 4) is 0 Å². The zero-order valence-electron chi connectivity index (χ0n) is 16.5. The molecule has 2 heterocycles. The molecule has 2 aliphatic heterocycles. The average Bonchev–Trinajstić information content (AvgIpc) is 2.73. The number of non-ortho nitro benzene ring substituents is 1. The first-order valence-corrected chi connectivity index (χ1v) is 9.71. The van der Waals surface area contributed by atoms with Crippen LogP contribution in [-0.4, -0.2) is 71.9 Å². The Kier molecular flexibility index (Phi) is 6.42. The zero-order valence-corrected chi connectivity index (χ0v) is 16.5. The van der Waals surface area contributed by atoms with Gasteiger partial charge in [0.05, 0.1) is 11.5 Å². The van der Waals surface area contributed by atoms with E-state index >= 15 is 0 Å². The van der Waals surface area contributed by atoms with Crippen molar-refractivity contribution >= 4 is 23.5 Å². The third-order valence-corrected chi connectivity index (χ3v) is 5.20. The highest BCUT2D eigenvalue weighted by atomic mass is 16.6. The summed E-state index contributed by atoms with van der Waals surface area (Å²) in [4.78, 5) is 44.6. The lowest BCUT2D eigenvalue weighted by molar-refractivity contribution is -0.384. The van der Waals surface area contributed by atoms with Crippen molar-refractivity contribution in [3.63, 3.8) is 0 Å². The number of piperazine rings is 1. The van der Waals surface area contributed by atoms with Gasteiger partial charge in [-0.15, -0.1) is 0 Å². The molecule has 1 saturated heterocycles. The lowest BCUT2D eigenvalue weighted by Gasteiger charge is -2.38. The van der Waals surface area contributed by atoms with Gasteiger partial charge in [0.15, 0.2) is 5.92 Å². The van der Waals surface area contributed by atoms with E-state index in [1.165, 1.54) is 24.3 Å². The summed E-state index contributed by atoms with van der Waals surface area (Å²) in [5.74, 6) is -1.85. The fourth-order valence-corrected chi connectivity index (χ4v) is 3.53. The van der Waals surface area contributed by atoms with Crippen LogP contribution in [0.15, 0.2) is 29.3 Å². The van der Waals surface area contributed by atoms with Crippen LogP contribution in [-0.2, 0) is 14.3 Å². The maximum atomic E-state index is 12.8. The summed E-state index contributed by atoms with van der Waals surface area (Å²) in [6, 6.07) is 4.95. The minimum atomic E-state index is -1.14. The topological polar surface area (TPSA) is 117 Å². The maximum absolute atomic E-state index is 12.8. The van der Waals surface area contributed by atoms with E-state index in [4.69, 9.17) is 4.74 Å². The van der Waals surface area contributed by atoms with Crippen LogP contribution in [0.25, 0.3) is 0 Å². The van der Waals surface area contributed by atoms with E-state index in [9.17, 15) is 19.7 Å². The molecule has 0 bridgehead atoms. The first-order valence-electron chi connectivity index (χ1n) is 9.71. The van der Waals surface area contributed by atoms with E-state index in [1.807, 2.05) is 4.90 Å². The second-order valence-corrected chi connectivity index (χ2v) is 6.89.